The minimum atomic E-state index is -0.102. The van der Waals surface area contributed by atoms with Crippen molar-refractivity contribution in [3.8, 4) is 17.1 Å². The highest BCUT2D eigenvalue weighted by Gasteiger charge is 2.26. The van der Waals surface area contributed by atoms with Crippen LogP contribution in [0.15, 0.2) is 53.6 Å². The molecule has 1 aliphatic carbocycles. The van der Waals surface area contributed by atoms with Gasteiger partial charge in [-0.05, 0) is 25.0 Å². The number of aromatic nitrogens is 4. The molecule has 5 nitrogen and oxygen atoms in total. The monoisotopic (exact) mass is 278 g/mol. The fourth-order valence-electron chi connectivity index (χ4n) is 2.37. The summed E-state index contributed by atoms with van der Waals surface area (Å²) in [7, 11) is 0. The molecular weight excluding hydrogens is 264 g/mol. The van der Waals surface area contributed by atoms with Crippen LogP contribution < -0.4 is 5.56 Å². The molecule has 0 amide bonds. The number of hydrogen-bond acceptors (Lipinski definition) is 3. The Morgan fingerprint density at radius 1 is 1.19 bits per heavy atom. The molecule has 104 valence electrons. The second-order valence-corrected chi connectivity index (χ2v) is 5.30. The summed E-state index contributed by atoms with van der Waals surface area (Å²) in [5.41, 5.74) is 2.58. The predicted octanol–water partition coefficient (Wildman–Crippen LogP) is 2.50. The number of H-pyrrole nitrogens is 1. The van der Waals surface area contributed by atoms with Crippen molar-refractivity contribution in [2.45, 2.75) is 18.8 Å². The van der Waals surface area contributed by atoms with Crippen molar-refractivity contribution in [3.63, 3.8) is 0 Å². The van der Waals surface area contributed by atoms with Crippen LogP contribution in [0.4, 0.5) is 0 Å². The zero-order chi connectivity index (χ0) is 14.2. The average molecular weight is 278 g/mol. The van der Waals surface area contributed by atoms with Gasteiger partial charge in [-0.3, -0.25) is 4.79 Å². The van der Waals surface area contributed by atoms with Gasteiger partial charge in [0.1, 0.15) is 5.82 Å². The summed E-state index contributed by atoms with van der Waals surface area (Å²) in [6.45, 7) is 0. The van der Waals surface area contributed by atoms with Gasteiger partial charge in [0.15, 0.2) is 0 Å². The van der Waals surface area contributed by atoms with Crippen molar-refractivity contribution in [1.82, 2.24) is 19.7 Å². The van der Waals surface area contributed by atoms with Gasteiger partial charge in [0.2, 0.25) is 0 Å². The second kappa shape index (κ2) is 4.70. The summed E-state index contributed by atoms with van der Waals surface area (Å²) >= 11 is 0. The molecular formula is C16H14N4O. The molecule has 0 bridgehead atoms. The Hall–Kier alpha value is -2.69. The standard InChI is InChI=1S/C16H14N4O/c21-15-8-14(11-6-7-11)18-16(19-15)12-9-17-20(10-12)13-4-2-1-3-5-13/h1-5,8-11H,6-7H2,(H,18,19,21). The van der Waals surface area contributed by atoms with E-state index in [1.54, 1.807) is 16.9 Å². The number of hydrogen-bond donors (Lipinski definition) is 1. The normalized spacial score (nSPS) is 14.3. The van der Waals surface area contributed by atoms with Crippen LogP contribution >= 0.6 is 0 Å². The third kappa shape index (κ3) is 2.38. The Labute approximate surface area is 121 Å². The Kier molecular flexibility index (Phi) is 2.70. The Balaban J connectivity index is 1.74. The lowest BCUT2D eigenvalue weighted by Crippen LogP contribution is -2.09. The van der Waals surface area contributed by atoms with Crippen molar-refractivity contribution < 1.29 is 0 Å². The molecule has 0 spiro atoms. The summed E-state index contributed by atoms with van der Waals surface area (Å²) in [5.74, 6) is 1.04. The van der Waals surface area contributed by atoms with E-state index in [4.69, 9.17) is 0 Å². The van der Waals surface area contributed by atoms with Crippen LogP contribution in [-0.4, -0.2) is 19.7 Å². The van der Waals surface area contributed by atoms with Crippen LogP contribution in [-0.2, 0) is 0 Å². The van der Waals surface area contributed by atoms with E-state index in [1.807, 2.05) is 36.5 Å². The number of aromatic amines is 1. The molecule has 0 atom stereocenters. The van der Waals surface area contributed by atoms with E-state index in [9.17, 15) is 4.79 Å². The molecule has 2 heterocycles. The van der Waals surface area contributed by atoms with Crippen molar-refractivity contribution in [3.05, 3.63) is 64.8 Å². The summed E-state index contributed by atoms with van der Waals surface area (Å²) in [4.78, 5) is 19.1. The molecule has 2 aromatic heterocycles. The van der Waals surface area contributed by atoms with Gasteiger partial charge in [0, 0.05) is 18.2 Å². The molecule has 1 aromatic carbocycles. The first kappa shape index (κ1) is 12.1. The fourth-order valence-corrected chi connectivity index (χ4v) is 2.37. The van der Waals surface area contributed by atoms with E-state index in [2.05, 4.69) is 15.1 Å². The van der Waals surface area contributed by atoms with Crippen molar-refractivity contribution >= 4 is 0 Å². The largest absolute Gasteiger partial charge is 0.306 e. The molecule has 4 rings (SSSR count). The van der Waals surface area contributed by atoms with Gasteiger partial charge in [-0.1, -0.05) is 18.2 Å². The molecule has 3 aromatic rings. The number of rotatable bonds is 3. The second-order valence-electron chi connectivity index (χ2n) is 5.30. The molecule has 1 saturated carbocycles. The number of para-hydroxylation sites is 1. The summed E-state index contributed by atoms with van der Waals surface area (Å²) in [6.07, 6.45) is 5.85. The van der Waals surface area contributed by atoms with Crippen LogP contribution in [0.25, 0.3) is 17.1 Å². The topological polar surface area (TPSA) is 63.6 Å². The molecule has 0 unspecified atom stereocenters. The summed E-state index contributed by atoms with van der Waals surface area (Å²) in [6, 6.07) is 11.4. The molecule has 21 heavy (non-hydrogen) atoms. The molecule has 0 saturated heterocycles. The predicted molar refractivity (Wildman–Crippen MR) is 79.4 cm³/mol. The Morgan fingerprint density at radius 2 is 2.00 bits per heavy atom. The number of nitrogens with zero attached hydrogens (tertiary/aromatic N) is 3. The lowest BCUT2D eigenvalue weighted by Gasteiger charge is -2.01. The van der Waals surface area contributed by atoms with Gasteiger partial charge in [0.05, 0.1) is 23.1 Å². The van der Waals surface area contributed by atoms with Crippen molar-refractivity contribution in [1.29, 1.82) is 0 Å². The minimum absolute atomic E-state index is 0.102. The maximum Gasteiger partial charge on any atom is 0.251 e. The first-order chi connectivity index (χ1) is 10.3. The van der Waals surface area contributed by atoms with Gasteiger partial charge in [0.25, 0.3) is 5.56 Å². The zero-order valence-electron chi connectivity index (χ0n) is 11.4. The Morgan fingerprint density at radius 3 is 2.76 bits per heavy atom. The van der Waals surface area contributed by atoms with Crippen LogP contribution in [0, 0.1) is 0 Å². The van der Waals surface area contributed by atoms with E-state index in [1.165, 1.54) is 0 Å². The highest BCUT2D eigenvalue weighted by molar-refractivity contribution is 5.53. The van der Waals surface area contributed by atoms with E-state index in [-0.39, 0.29) is 5.56 Å². The van der Waals surface area contributed by atoms with Crippen molar-refractivity contribution in [2.75, 3.05) is 0 Å². The number of nitrogens with one attached hydrogen (secondary N) is 1. The van der Waals surface area contributed by atoms with Gasteiger partial charge in [-0.2, -0.15) is 5.10 Å². The molecule has 0 radical (unpaired) electrons. The smallest absolute Gasteiger partial charge is 0.251 e. The van der Waals surface area contributed by atoms with Crippen LogP contribution in [0.3, 0.4) is 0 Å². The highest BCUT2D eigenvalue weighted by atomic mass is 16.1. The third-order valence-electron chi connectivity index (χ3n) is 3.63. The van der Waals surface area contributed by atoms with Gasteiger partial charge >= 0.3 is 0 Å². The summed E-state index contributed by atoms with van der Waals surface area (Å²) in [5, 5.41) is 4.34. The fraction of sp³-hybridized carbons (Fsp3) is 0.188. The number of benzene rings is 1. The van der Waals surface area contributed by atoms with Gasteiger partial charge < -0.3 is 4.98 Å². The van der Waals surface area contributed by atoms with E-state index >= 15 is 0 Å². The molecule has 1 aliphatic rings. The first-order valence-corrected chi connectivity index (χ1v) is 7.01. The first-order valence-electron chi connectivity index (χ1n) is 7.01. The third-order valence-corrected chi connectivity index (χ3v) is 3.63. The lowest BCUT2D eigenvalue weighted by molar-refractivity contribution is 0.880. The molecule has 0 aliphatic heterocycles. The minimum Gasteiger partial charge on any atom is -0.306 e. The maximum absolute atomic E-state index is 11.8. The van der Waals surface area contributed by atoms with E-state index in [0.29, 0.717) is 11.7 Å². The van der Waals surface area contributed by atoms with E-state index in [0.717, 1.165) is 29.8 Å². The molecule has 1 fully saturated rings. The van der Waals surface area contributed by atoms with Gasteiger partial charge in [-0.25, -0.2) is 9.67 Å². The lowest BCUT2D eigenvalue weighted by atomic mass is 10.2. The van der Waals surface area contributed by atoms with Gasteiger partial charge in [-0.15, -0.1) is 0 Å². The van der Waals surface area contributed by atoms with E-state index < -0.39 is 0 Å². The highest BCUT2D eigenvalue weighted by Crippen LogP contribution is 2.38. The maximum atomic E-state index is 11.8. The van der Waals surface area contributed by atoms with Crippen LogP contribution in [0.1, 0.15) is 24.5 Å². The Bertz CT molecular complexity index is 831. The quantitative estimate of drug-likeness (QED) is 0.800. The molecule has 5 heteroatoms. The van der Waals surface area contributed by atoms with Crippen molar-refractivity contribution in [2.24, 2.45) is 0 Å². The molecule has 1 N–H and O–H groups in total. The SMILES string of the molecule is O=c1cc(C2CC2)nc(-c2cnn(-c3ccccc3)c2)[nH]1. The van der Waals surface area contributed by atoms with Crippen LogP contribution in [0.5, 0.6) is 0 Å². The zero-order valence-corrected chi connectivity index (χ0v) is 11.4. The van der Waals surface area contributed by atoms with Crippen LogP contribution in [0.2, 0.25) is 0 Å². The summed E-state index contributed by atoms with van der Waals surface area (Å²) < 4.78 is 1.78. The average Bonchev–Trinajstić information content (AvgIpc) is 3.24.